The summed E-state index contributed by atoms with van der Waals surface area (Å²) in [6, 6.07) is 6.89. The van der Waals surface area contributed by atoms with Gasteiger partial charge in [-0.1, -0.05) is 25.1 Å². The predicted molar refractivity (Wildman–Crippen MR) is 91.6 cm³/mol. The van der Waals surface area contributed by atoms with Crippen LogP contribution in [0.15, 0.2) is 35.0 Å². The highest BCUT2D eigenvalue weighted by Gasteiger charge is 2.22. The molecule has 2 amide bonds. The first-order valence-electron chi connectivity index (χ1n) is 7.95. The Balaban J connectivity index is 1.93. The Morgan fingerprint density at radius 2 is 2.08 bits per heavy atom. The third-order valence-electron chi connectivity index (χ3n) is 3.51. The summed E-state index contributed by atoms with van der Waals surface area (Å²) in [5.41, 5.74) is 0.686. The molecule has 8 heteroatoms. The molecule has 0 unspecified atom stereocenters. The van der Waals surface area contributed by atoms with Crippen molar-refractivity contribution in [2.75, 3.05) is 11.9 Å². The molecular weight excluding hydrogens is 322 g/mol. The van der Waals surface area contributed by atoms with Gasteiger partial charge in [0.1, 0.15) is 5.76 Å². The maximum absolute atomic E-state index is 12.5. The average Bonchev–Trinajstić information content (AvgIpc) is 3.16. The van der Waals surface area contributed by atoms with Gasteiger partial charge in [0.2, 0.25) is 5.82 Å². The second-order valence-electron chi connectivity index (χ2n) is 6.12. The number of hydrogen-bond acceptors (Lipinski definition) is 5. The summed E-state index contributed by atoms with van der Waals surface area (Å²) in [6.45, 7) is 6.26. The van der Waals surface area contributed by atoms with Crippen molar-refractivity contribution >= 4 is 23.1 Å². The molecule has 0 atom stereocenters. The molecule has 0 aliphatic carbocycles. The van der Waals surface area contributed by atoms with Crippen molar-refractivity contribution in [3.8, 4) is 0 Å². The maximum Gasteiger partial charge on any atom is 0.287 e. The zero-order valence-corrected chi connectivity index (χ0v) is 14.2. The second kappa shape index (κ2) is 6.76. The molecule has 25 heavy (non-hydrogen) atoms. The van der Waals surface area contributed by atoms with E-state index in [1.807, 2.05) is 13.8 Å². The average molecular weight is 341 g/mol. The first kappa shape index (κ1) is 16.7. The van der Waals surface area contributed by atoms with Gasteiger partial charge in [-0.3, -0.25) is 14.0 Å². The van der Waals surface area contributed by atoms with Crippen LogP contribution in [0.2, 0.25) is 0 Å². The van der Waals surface area contributed by atoms with Crippen molar-refractivity contribution in [2.24, 2.45) is 5.92 Å². The van der Waals surface area contributed by atoms with Crippen molar-refractivity contribution in [3.05, 3.63) is 47.7 Å². The van der Waals surface area contributed by atoms with Crippen LogP contribution in [-0.4, -0.2) is 32.9 Å². The van der Waals surface area contributed by atoms with E-state index in [-0.39, 0.29) is 17.4 Å². The van der Waals surface area contributed by atoms with Crippen molar-refractivity contribution in [2.45, 2.75) is 20.8 Å². The van der Waals surface area contributed by atoms with Gasteiger partial charge >= 0.3 is 0 Å². The number of nitrogens with zero attached hydrogens (tertiary/aromatic N) is 3. The van der Waals surface area contributed by atoms with E-state index in [9.17, 15) is 9.59 Å². The molecule has 0 aliphatic rings. The van der Waals surface area contributed by atoms with E-state index in [4.69, 9.17) is 4.52 Å². The molecule has 0 bridgehead atoms. The Bertz CT molecular complexity index is 925. The van der Waals surface area contributed by atoms with Crippen LogP contribution in [-0.2, 0) is 0 Å². The van der Waals surface area contributed by atoms with Gasteiger partial charge in [0.05, 0.1) is 5.52 Å². The smallest absolute Gasteiger partial charge is 0.287 e. The number of pyridine rings is 1. The number of carbonyl (C=O) groups excluding carboxylic acids is 2. The minimum Gasteiger partial charge on any atom is -0.360 e. The number of imidazole rings is 1. The lowest BCUT2D eigenvalue weighted by atomic mass is 10.2. The lowest BCUT2D eigenvalue weighted by Crippen LogP contribution is -2.29. The van der Waals surface area contributed by atoms with Gasteiger partial charge in [0, 0.05) is 18.8 Å². The van der Waals surface area contributed by atoms with Crippen molar-refractivity contribution in [1.82, 2.24) is 19.9 Å². The Hall–Kier alpha value is -3.16. The number of carbonyl (C=O) groups is 2. The predicted octanol–water partition coefficient (Wildman–Crippen LogP) is 2.27. The number of hydrogen-bond donors (Lipinski definition) is 2. The summed E-state index contributed by atoms with van der Waals surface area (Å²) >= 11 is 0. The van der Waals surface area contributed by atoms with Gasteiger partial charge in [-0.2, -0.15) is 0 Å². The Kier molecular flexibility index (Phi) is 4.51. The van der Waals surface area contributed by atoms with Gasteiger partial charge in [0.15, 0.2) is 11.5 Å². The van der Waals surface area contributed by atoms with E-state index in [0.29, 0.717) is 29.6 Å². The van der Waals surface area contributed by atoms with Gasteiger partial charge in [-0.15, -0.1) is 0 Å². The van der Waals surface area contributed by atoms with E-state index in [1.54, 1.807) is 41.8 Å². The summed E-state index contributed by atoms with van der Waals surface area (Å²) in [5.74, 6) is 0.571. The number of fused-ring (bicyclic) bond motifs is 1. The summed E-state index contributed by atoms with van der Waals surface area (Å²) in [7, 11) is 0. The zero-order chi connectivity index (χ0) is 18.0. The molecule has 0 fully saturated rings. The molecule has 3 heterocycles. The molecule has 3 aromatic heterocycles. The van der Waals surface area contributed by atoms with E-state index in [2.05, 4.69) is 20.8 Å². The summed E-state index contributed by atoms with van der Waals surface area (Å²) in [5, 5.41) is 9.17. The number of anilines is 1. The molecule has 0 aliphatic heterocycles. The van der Waals surface area contributed by atoms with E-state index >= 15 is 0 Å². The summed E-state index contributed by atoms with van der Waals surface area (Å²) in [4.78, 5) is 29.2. The molecule has 0 aromatic carbocycles. The normalized spacial score (nSPS) is 11.0. The van der Waals surface area contributed by atoms with Crippen molar-refractivity contribution in [3.63, 3.8) is 0 Å². The fraction of sp³-hybridized carbons (Fsp3) is 0.294. The molecule has 0 saturated carbocycles. The molecule has 130 valence electrons. The quantitative estimate of drug-likeness (QED) is 0.741. The van der Waals surface area contributed by atoms with Crippen molar-refractivity contribution < 1.29 is 14.1 Å². The van der Waals surface area contributed by atoms with E-state index < -0.39 is 5.91 Å². The number of aryl methyl sites for hydroxylation is 1. The topological polar surface area (TPSA) is 102 Å². The van der Waals surface area contributed by atoms with Crippen LogP contribution in [0.1, 0.15) is 40.7 Å². The number of rotatable bonds is 5. The highest BCUT2D eigenvalue weighted by atomic mass is 16.5. The van der Waals surface area contributed by atoms with E-state index in [1.165, 1.54) is 0 Å². The molecular formula is C17H19N5O3. The van der Waals surface area contributed by atoms with Crippen LogP contribution in [0, 0.1) is 12.8 Å². The fourth-order valence-electron chi connectivity index (χ4n) is 2.34. The number of aromatic nitrogens is 3. The Morgan fingerprint density at radius 3 is 2.76 bits per heavy atom. The maximum atomic E-state index is 12.5. The third-order valence-corrected chi connectivity index (χ3v) is 3.51. The monoisotopic (exact) mass is 341 g/mol. The van der Waals surface area contributed by atoms with Crippen LogP contribution in [0.25, 0.3) is 5.52 Å². The fourth-order valence-corrected chi connectivity index (χ4v) is 2.34. The lowest BCUT2D eigenvalue weighted by molar-refractivity contribution is 0.0938. The van der Waals surface area contributed by atoms with Crippen molar-refractivity contribution in [1.29, 1.82) is 0 Å². The Morgan fingerprint density at radius 1 is 1.28 bits per heavy atom. The highest BCUT2D eigenvalue weighted by Crippen LogP contribution is 2.16. The molecule has 8 nitrogen and oxygen atoms in total. The molecule has 2 N–H and O–H groups in total. The summed E-state index contributed by atoms with van der Waals surface area (Å²) < 4.78 is 6.53. The van der Waals surface area contributed by atoms with Gasteiger partial charge in [0.25, 0.3) is 11.8 Å². The minimum absolute atomic E-state index is 0.149. The molecule has 0 saturated heterocycles. The molecule has 3 rings (SSSR count). The number of amides is 2. The largest absolute Gasteiger partial charge is 0.360 e. The Labute approximate surface area is 144 Å². The van der Waals surface area contributed by atoms with Crippen LogP contribution < -0.4 is 10.6 Å². The van der Waals surface area contributed by atoms with Gasteiger partial charge in [-0.05, 0) is 25.0 Å². The van der Waals surface area contributed by atoms with Crippen LogP contribution in [0.5, 0.6) is 0 Å². The second-order valence-corrected chi connectivity index (χ2v) is 6.12. The first-order valence-corrected chi connectivity index (χ1v) is 7.95. The van der Waals surface area contributed by atoms with Crippen LogP contribution in [0.3, 0.4) is 0 Å². The zero-order valence-electron chi connectivity index (χ0n) is 14.2. The molecule has 3 aromatic rings. The minimum atomic E-state index is -0.458. The standard InChI is InChI=1S/C17H19N5O3/c1-10(2)9-18-17(24)15-20-14(12-6-4-5-7-22(12)15)16(23)19-13-8-11(3)25-21-13/h4-8,10H,9H2,1-3H3,(H,18,24)(H,19,21,23). The first-order chi connectivity index (χ1) is 12.0. The SMILES string of the molecule is Cc1cc(NC(=O)c2nc(C(=O)NCC(C)C)n3ccccc23)no1. The highest BCUT2D eigenvalue weighted by molar-refractivity contribution is 6.08. The molecule has 0 spiro atoms. The summed E-state index contributed by atoms with van der Waals surface area (Å²) in [6.07, 6.45) is 1.70. The van der Waals surface area contributed by atoms with E-state index in [0.717, 1.165) is 0 Å². The van der Waals surface area contributed by atoms with Gasteiger partial charge < -0.3 is 15.2 Å². The molecule has 0 radical (unpaired) electrons. The van der Waals surface area contributed by atoms with Crippen LogP contribution >= 0.6 is 0 Å². The van der Waals surface area contributed by atoms with Gasteiger partial charge in [-0.25, -0.2) is 4.98 Å². The number of nitrogens with one attached hydrogen (secondary N) is 2. The van der Waals surface area contributed by atoms with Crippen LogP contribution in [0.4, 0.5) is 5.82 Å². The third kappa shape index (κ3) is 3.52. The lowest BCUT2D eigenvalue weighted by Gasteiger charge is -2.06.